The molecule has 1 heterocycles. The second-order valence-electron chi connectivity index (χ2n) is 9.21. The minimum absolute atomic E-state index is 0.00351. The van der Waals surface area contributed by atoms with Gasteiger partial charge in [-0.25, -0.2) is 8.42 Å². The summed E-state index contributed by atoms with van der Waals surface area (Å²) in [5.74, 6) is -0.0545. The van der Waals surface area contributed by atoms with E-state index in [9.17, 15) is 18.0 Å². The van der Waals surface area contributed by atoms with Gasteiger partial charge in [-0.1, -0.05) is 18.2 Å². The van der Waals surface area contributed by atoms with E-state index < -0.39 is 21.7 Å². The molecule has 0 spiro atoms. The Kier molecular flexibility index (Phi) is 6.69. The molecule has 9 heteroatoms. The average Bonchev–Trinajstić information content (AvgIpc) is 3.46. The number of amides is 1. The highest BCUT2D eigenvalue weighted by Crippen LogP contribution is 2.44. The summed E-state index contributed by atoms with van der Waals surface area (Å²) in [7, 11) is -3.48. The van der Waals surface area contributed by atoms with Crippen molar-refractivity contribution in [2.75, 3.05) is 29.0 Å². The second-order valence-corrected chi connectivity index (χ2v) is 11.0. The van der Waals surface area contributed by atoms with Crippen LogP contribution in [0.5, 0.6) is 5.75 Å². The van der Waals surface area contributed by atoms with Gasteiger partial charge in [-0.15, -0.1) is 0 Å². The van der Waals surface area contributed by atoms with Gasteiger partial charge in [-0.05, 0) is 68.5 Å². The number of rotatable bonds is 8. The summed E-state index contributed by atoms with van der Waals surface area (Å²) in [6.07, 6.45) is 4.79. The lowest BCUT2D eigenvalue weighted by atomic mass is 9.95. The molecule has 182 valence electrons. The van der Waals surface area contributed by atoms with Crippen molar-refractivity contribution in [1.29, 1.82) is 0 Å². The van der Waals surface area contributed by atoms with Crippen LogP contribution in [0, 0.1) is 5.92 Å². The Bertz CT molecular complexity index is 1190. The van der Waals surface area contributed by atoms with E-state index in [-0.39, 0.29) is 11.8 Å². The van der Waals surface area contributed by atoms with Crippen molar-refractivity contribution in [2.45, 2.75) is 45.2 Å². The summed E-state index contributed by atoms with van der Waals surface area (Å²) in [5, 5.41) is 0. The molecular formula is C25H31N3O5S. The minimum atomic E-state index is -3.48. The monoisotopic (exact) mass is 485 g/mol. The third-order valence-corrected chi connectivity index (χ3v) is 6.96. The molecule has 4 rings (SSSR count). The molecule has 34 heavy (non-hydrogen) atoms. The van der Waals surface area contributed by atoms with Crippen LogP contribution in [-0.4, -0.2) is 44.5 Å². The lowest BCUT2D eigenvalue weighted by Gasteiger charge is -2.48. The Morgan fingerprint density at radius 1 is 1.09 bits per heavy atom. The van der Waals surface area contributed by atoms with E-state index in [2.05, 4.69) is 9.62 Å². The van der Waals surface area contributed by atoms with Crippen molar-refractivity contribution >= 4 is 33.3 Å². The number of likely N-dealkylation sites (tertiary alicyclic amines) is 1. The fourth-order valence-electron chi connectivity index (χ4n) is 4.65. The largest absolute Gasteiger partial charge is 0.427 e. The lowest BCUT2D eigenvalue weighted by molar-refractivity contribution is -0.132. The summed E-state index contributed by atoms with van der Waals surface area (Å²) >= 11 is 0. The number of benzene rings is 2. The summed E-state index contributed by atoms with van der Waals surface area (Å²) in [4.78, 5) is 29.5. The topological polar surface area (TPSA) is 96.0 Å². The van der Waals surface area contributed by atoms with Gasteiger partial charge in [-0.3, -0.25) is 24.1 Å². The van der Waals surface area contributed by atoms with E-state index in [0.717, 1.165) is 50.6 Å². The highest BCUT2D eigenvalue weighted by Gasteiger charge is 2.48. The molecule has 0 aromatic heterocycles. The van der Waals surface area contributed by atoms with Crippen LogP contribution in [0.4, 0.5) is 11.4 Å². The fourth-order valence-corrected chi connectivity index (χ4v) is 5.21. The summed E-state index contributed by atoms with van der Waals surface area (Å²) in [6, 6.07) is 14.2. The zero-order chi connectivity index (χ0) is 24.5. The maximum Gasteiger partial charge on any atom is 0.308 e. The molecule has 2 fully saturated rings. The first-order valence-corrected chi connectivity index (χ1v) is 13.4. The van der Waals surface area contributed by atoms with Crippen molar-refractivity contribution in [3.63, 3.8) is 0 Å². The quantitative estimate of drug-likeness (QED) is 0.453. The summed E-state index contributed by atoms with van der Waals surface area (Å²) in [6.45, 7) is 4.99. The molecule has 2 aromatic carbocycles. The van der Waals surface area contributed by atoms with Gasteiger partial charge in [-0.2, -0.15) is 0 Å². The van der Waals surface area contributed by atoms with E-state index in [1.807, 2.05) is 31.2 Å². The van der Waals surface area contributed by atoms with E-state index in [0.29, 0.717) is 17.1 Å². The Balaban J connectivity index is 1.86. The number of hydrogen-bond acceptors (Lipinski definition) is 6. The summed E-state index contributed by atoms with van der Waals surface area (Å²) < 4.78 is 31.6. The van der Waals surface area contributed by atoms with E-state index in [1.54, 1.807) is 29.2 Å². The van der Waals surface area contributed by atoms with Gasteiger partial charge in [0.25, 0.3) is 0 Å². The number of carbonyl (C=O) groups is 2. The molecule has 2 aromatic rings. The fraction of sp³-hybridized carbons (Fsp3) is 0.440. The van der Waals surface area contributed by atoms with Crippen LogP contribution in [-0.2, 0) is 25.3 Å². The molecule has 1 unspecified atom stereocenters. The van der Waals surface area contributed by atoms with Crippen molar-refractivity contribution in [3.8, 4) is 5.75 Å². The molecule has 1 atom stereocenters. The van der Waals surface area contributed by atoms with Gasteiger partial charge >= 0.3 is 5.97 Å². The van der Waals surface area contributed by atoms with Gasteiger partial charge in [0, 0.05) is 31.6 Å². The molecule has 0 radical (unpaired) electrons. The number of nitrogens with zero attached hydrogens (tertiary/aromatic N) is 2. The van der Waals surface area contributed by atoms with Crippen molar-refractivity contribution in [3.05, 3.63) is 54.1 Å². The van der Waals surface area contributed by atoms with Gasteiger partial charge in [0.1, 0.15) is 11.4 Å². The van der Waals surface area contributed by atoms with Crippen LogP contribution in [0.15, 0.2) is 48.5 Å². The number of ether oxygens (including phenoxy) is 1. The van der Waals surface area contributed by atoms with Gasteiger partial charge in [0.2, 0.25) is 15.9 Å². The molecule has 8 nitrogen and oxygen atoms in total. The van der Waals surface area contributed by atoms with Crippen LogP contribution in [0.25, 0.3) is 0 Å². The number of hydrogen-bond donors (Lipinski definition) is 1. The maximum atomic E-state index is 13.8. The zero-order valence-electron chi connectivity index (χ0n) is 19.8. The first-order valence-electron chi connectivity index (χ1n) is 11.5. The normalized spacial score (nSPS) is 18.2. The van der Waals surface area contributed by atoms with Gasteiger partial charge < -0.3 is 4.74 Å². The molecule has 1 saturated carbocycles. The smallest absolute Gasteiger partial charge is 0.308 e. The number of anilines is 2. The number of sulfonamides is 1. The van der Waals surface area contributed by atoms with Crippen LogP contribution in [0.2, 0.25) is 0 Å². The van der Waals surface area contributed by atoms with E-state index in [1.165, 1.54) is 6.92 Å². The van der Waals surface area contributed by atoms with Crippen LogP contribution >= 0.6 is 0 Å². The minimum Gasteiger partial charge on any atom is -0.427 e. The Morgan fingerprint density at radius 3 is 2.38 bits per heavy atom. The molecule has 2 aliphatic rings. The van der Waals surface area contributed by atoms with Crippen molar-refractivity contribution in [1.82, 2.24) is 4.90 Å². The third kappa shape index (κ3) is 5.26. The average molecular weight is 486 g/mol. The summed E-state index contributed by atoms with van der Waals surface area (Å²) in [5.41, 5.74) is 0.961. The maximum absolute atomic E-state index is 13.8. The van der Waals surface area contributed by atoms with Crippen LogP contribution in [0.3, 0.4) is 0 Å². The molecule has 1 aliphatic heterocycles. The second kappa shape index (κ2) is 9.38. The highest BCUT2D eigenvalue weighted by atomic mass is 32.2. The third-order valence-electron chi connectivity index (χ3n) is 6.35. The molecular weight excluding hydrogens is 454 g/mol. The molecule has 1 saturated heterocycles. The molecule has 1 aliphatic carbocycles. The first-order chi connectivity index (χ1) is 16.1. The first kappa shape index (κ1) is 24.2. The van der Waals surface area contributed by atoms with Crippen LogP contribution in [0.1, 0.15) is 45.1 Å². The lowest BCUT2D eigenvalue weighted by Crippen LogP contribution is -2.58. The molecule has 1 N–H and O–H groups in total. The van der Waals surface area contributed by atoms with Gasteiger partial charge in [0.05, 0.1) is 11.9 Å². The van der Waals surface area contributed by atoms with Crippen LogP contribution < -0.4 is 14.4 Å². The standard InChI is InChI=1S/C25H31N3O5S/c1-18(29)33-23-11-6-8-20(16-23)25(2,27-14-4-5-15-27)28(24(30)19-12-13-19)22-10-7-9-21(17-22)26-34(3,31)32/h6-11,16-17,19,26H,4-5,12-15H2,1-3H3. The number of nitrogens with one attached hydrogen (secondary N) is 1. The SMILES string of the molecule is CC(=O)Oc1cccc(C(C)(N2CCCC2)N(C(=O)C2CC2)c2cccc(NS(C)(=O)=O)c2)c1. The zero-order valence-corrected chi connectivity index (χ0v) is 20.6. The Morgan fingerprint density at radius 2 is 1.76 bits per heavy atom. The number of carbonyl (C=O) groups excluding carboxylic acids is 2. The highest BCUT2D eigenvalue weighted by molar-refractivity contribution is 7.92. The van der Waals surface area contributed by atoms with Gasteiger partial charge in [0.15, 0.2) is 0 Å². The number of esters is 1. The van der Waals surface area contributed by atoms with Crippen molar-refractivity contribution < 1.29 is 22.7 Å². The Hall–Kier alpha value is -2.91. The van der Waals surface area contributed by atoms with Crippen molar-refractivity contribution in [2.24, 2.45) is 5.92 Å². The predicted octanol–water partition coefficient (Wildman–Crippen LogP) is 3.70. The predicted molar refractivity (Wildman–Crippen MR) is 131 cm³/mol. The Labute approximate surface area is 200 Å². The van der Waals surface area contributed by atoms with E-state index >= 15 is 0 Å². The molecule has 1 amide bonds. The molecule has 0 bridgehead atoms. The van der Waals surface area contributed by atoms with E-state index in [4.69, 9.17) is 4.74 Å².